The number of amides is 2. The van der Waals surface area contributed by atoms with Crippen molar-refractivity contribution in [2.75, 3.05) is 0 Å². The first-order valence-electron chi connectivity index (χ1n) is 6.64. The average Bonchev–Trinajstić information content (AvgIpc) is 2.91. The van der Waals surface area contributed by atoms with Gasteiger partial charge in [0, 0.05) is 24.5 Å². The van der Waals surface area contributed by atoms with Gasteiger partial charge in [-0.2, -0.15) is 0 Å². The van der Waals surface area contributed by atoms with Crippen molar-refractivity contribution in [2.45, 2.75) is 25.4 Å². The lowest BCUT2D eigenvalue weighted by atomic mass is 10.1. The summed E-state index contributed by atoms with van der Waals surface area (Å²) < 4.78 is 0. The molecule has 1 atom stereocenters. The van der Waals surface area contributed by atoms with Crippen LogP contribution in [0.15, 0.2) is 36.5 Å². The van der Waals surface area contributed by atoms with E-state index in [9.17, 15) is 9.59 Å². The van der Waals surface area contributed by atoms with Gasteiger partial charge in [0.15, 0.2) is 0 Å². The van der Waals surface area contributed by atoms with Crippen molar-refractivity contribution in [3.05, 3.63) is 42.1 Å². The van der Waals surface area contributed by atoms with Gasteiger partial charge in [0.1, 0.15) is 6.04 Å². The van der Waals surface area contributed by atoms with Crippen LogP contribution < -0.4 is 10.6 Å². The van der Waals surface area contributed by atoms with Crippen molar-refractivity contribution in [3.8, 4) is 0 Å². The van der Waals surface area contributed by atoms with E-state index in [1.165, 1.54) is 0 Å². The minimum absolute atomic E-state index is 0.0560. The molecular weight excluding hydrogens is 254 g/mol. The zero-order valence-electron chi connectivity index (χ0n) is 10.9. The molecule has 2 heterocycles. The first kappa shape index (κ1) is 12.6. The Morgan fingerprint density at radius 3 is 3.00 bits per heavy atom. The average molecular weight is 269 g/mol. The van der Waals surface area contributed by atoms with Crippen molar-refractivity contribution in [3.63, 3.8) is 0 Å². The number of fused-ring (bicyclic) bond motifs is 1. The van der Waals surface area contributed by atoms with Crippen LogP contribution in [-0.2, 0) is 16.1 Å². The van der Waals surface area contributed by atoms with Gasteiger partial charge in [-0.3, -0.25) is 14.6 Å². The largest absolute Gasteiger partial charge is 0.350 e. The fraction of sp³-hybridized carbons (Fsp3) is 0.267. The van der Waals surface area contributed by atoms with Crippen molar-refractivity contribution >= 4 is 22.7 Å². The van der Waals surface area contributed by atoms with Gasteiger partial charge in [-0.1, -0.05) is 18.2 Å². The summed E-state index contributed by atoms with van der Waals surface area (Å²) in [6.07, 6.45) is 2.74. The zero-order chi connectivity index (χ0) is 13.9. The summed E-state index contributed by atoms with van der Waals surface area (Å²) in [5.41, 5.74) is 1.93. The first-order valence-corrected chi connectivity index (χ1v) is 6.64. The second kappa shape index (κ2) is 5.28. The molecule has 1 saturated heterocycles. The first-order chi connectivity index (χ1) is 9.74. The van der Waals surface area contributed by atoms with E-state index in [2.05, 4.69) is 15.6 Å². The maximum atomic E-state index is 12.0. The summed E-state index contributed by atoms with van der Waals surface area (Å²) >= 11 is 0. The lowest BCUT2D eigenvalue weighted by Gasteiger charge is -2.12. The zero-order valence-corrected chi connectivity index (χ0v) is 10.9. The van der Waals surface area contributed by atoms with Crippen LogP contribution in [-0.4, -0.2) is 22.8 Å². The Morgan fingerprint density at radius 2 is 2.20 bits per heavy atom. The second-order valence-corrected chi connectivity index (χ2v) is 4.86. The van der Waals surface area contributed by atoms with E-state index in [4.69, 9.17) is 0 Å². The van der Waals surface area contributed by atoms with Gasteiger partial charge in [-0.05, 0) is 24.1 Å². The van der Waals surface area contributed by atoms with E-state index in [0.717, 1.165) is 16.5 Å². The summed E-state index contributed by atoms with van der Waals surface area (Å²) in [5, 5.41) is 6.57. The molecule has 1 fully saturated rings. The van der Waals surface area contributed by atoms with Crippen LogP contribution >= 0.6 is 0 Å². The van der Waals surface area contributed by atoms with Gasteiger partial charge >= 0.3 is 0 Å². The molecule has 1 aliphatic heterocycles. The Kier molecular flexibility index (Phi) is 3.33. The van der Waals surface area contributed by atoms with Crippen molar-refractivity contribution in [2.24, 2.45) is 0 Å². The van der Waals surface area contributed by atoms with Gasteiger partial charge < -0.3 is 10.6 Å². The molecule has 5 nitrogen and oxygen atoms in total. The molecule has 3 rings (SSSR count). The number of pyridine rings is 1. The maximum Gasteiger partial charge on any atom is 0.242 e. The number of hydrogen-bond donors (Lipinski definition) is 2. The normalized spacial score (nSPS) is 18.0. The number of aromatic nitrogens is 1. The number of rotatable bonds is 3. The van der Waals surface area contributed by atoms with Crippen LogP contribution in [0.2, 0.25) is 0 Å². The van der Waals surface area contributed by atoms with Crippen LogP contribution in [0, 0.1) is 0 Å². The summed E-state index contributed by atoms with van der Waals surface area (Å²) in [5.74, 6) is -0.184. The van der Waals surface area contributed by atoms with Crippen molar-refractivity contribution in [1.29, 1.82) is 0 Å². The molecule has 2 N–H and O–H groups in total. The van der Waals surface area contributed by atoms with Crippen LogP contribution in [0.5, 0.6) is 0 Å². The number of hydrogen-bond acceptors (Lipinski definition) is 3. The Morgan fingerprint density at radius 1 is 1.35 bits per heavy atom. The number of nitrogens with zero attached hydrogens (tertiary/aromatic N) is 1. The Balaban J connectivity index is 1.71. The maximum absolute atomic E-state index is 12.0. The smallest absolute Gasteiger partial charge is 0.242 e. The lowest BCUT2D eigenvalue weighted by molar-refractivity contribution is -0.125. The van der Waals surface area contributed by atoms with Gasteiger partial charge in [0.05, 0.1) is 5.52 Å². The van der Waals surface area contributed by atoms with E-state index < -0.39 is 6.04 Å². The molecule has 2 amide bonds. The van der Waals surface area contributed by atoms with Crippen LogP contribution in [0.1, 0.15) is 18.4 Å². The summed E-state index contributed by atoms with van der Waals surface area (Å²) in [7, 11) is 0. The summed E-state index contributed by atoms with van der Waals surface area (Å²) in [6.45, 7) is 0.439. The number of carbonyl (C=O) groups excluding carboxylic acids is 2. The summed E-state index contributed by atoms with van der Waals surface area (Å²) in [4.78, 5) is 27.4. The topological polar surface area (TPSA) is 71.1 Å². The predicted molar refractivity (Wildman–Crippen MR) is 74.8 cm³/mol. The fourth-order valence-electron chi connectivity index (χ4n) is 2.43. The van der Waals surface area contributed by atoms with Crippen LogP contribution in [0.4, 0.5) is 0 Å². The Labute approximate surface area is 116 Å². The highest BCUT2D eigenvalue weighted by Crippen LogP contribution is 2.16. The monoisotopic (exact) mass is 269 g/mol. The molecule has 0 bridgehead atoms. The molecule has 0 spiro atoms. The highest BCUT2D eigenvalue weighted by molar-refractivity contribution is 5.91. The van der Waals surface area contributed by atoms with Gasteiger partial charge in [0.25, 0.3) is 0 Å². The molecule has 102 valence electrons. The van der Waals surface area contributed by atoms with Crippen LogP contribution in [0.25, 0.3) is 10.9 Å². The molecular formula is C15H15N3O2. The number of carbonyl (C=O) groups is 2. The van der Waals surface area contributed by atoms with E-state index >= 15 is 0 Å². The predicted octanol–water partition coefficient (Wildman–Crippen LogP) is 1.13. The number of benzene rings is 1. The van der Waals surface area contributed by atoms with E-state index in [1.54, 1.807) is 6.20 Å². The SMILES string of the molecule is O=C1CCC(C(=O)NCc2ccnc3ccccc23)N1. The Hall–Kier alpha value is -2.43. The molecule has 5 heteroatoms. The van der Waals surface area contributed by atoms with Gasteiger partial charge in [-0.25, -0.2) is 0 Å². The van der Waals surface area contributed by atoms with E-state index in [-0.39, 0.29) is 11.8 Å². The standard InChI is InChI=1S/C15H15N3O2/c19-14-6-5-13(18-14)15(20)17-9-10-7-8-16-12-4-2-1-3-11(10)12/h1-4,7-8,13H,5-6,9H2,(H,17,20)(H,18,19). The third-order valence-electron chi connectivity index (χ3n) is 3.50. The molecule has 2 aromatic rings. The molecule has 1 aromatic heterocycles. The molecule has 1 unspecified atom stereocenters. The van der Waals surface area contributed by atoms with Gasteiger partial charge in [-0.15, -0.1) is 0 Å². The minimum atomic E-state index is -0.393. The second-order valence-electron chi connectivity index (χ2n) is 4.86. The van der Waals surface area contributed by atoms with Crippen molar-refractivity contribution < 1.29 is 9.59 Å². The molecule has 20 heavy (non-hydrogen) atoms. The highest BCUT2D eigenvalue weighted by atomic mass is 16.2. The minimum Gasteiger partial charge on any atom is -0.350 e. The quantitative estimate of drug-likeness (QED) is 0.877. The third kappa shape index (κ3) is 2.47. The summed E-state index contributed by atoms with van der Waals surface area (Å²) in [6, 6.07) is 9.32. The molecule has 0 saturated carbocycles. The number of nitrogens with one attached hydrogen (secondary N) is 2. The van der Waals surface area contributed by atoms with Crippen molar-refractivity contribution in [1.82, 2.24) is 15.6 Å². The van der Waals surface area contributed by atoms with E-state index in [1.807, 2.05) is 30.3 Å². The molecule has 1 aliphatic rings. The highest BCUT2D eigenvalue weighted by Gasteiger charge is 2.26. The lowest BCUT2D eigenvalue weighted by Crippen LogP contribution is -2.41. The third-order valence-corrected chi connectivity index (χ3v) is 3.50. The molecule has 0 radical (unpaired) electrons. The fourth-order valence-corrected chi connectivity index (χ4v) is 2.43. The van der Waals surface area contributed by atoms with E-state index in [0.29, 0.717) is 19.4 Å². The van der Waals surface area contributed by atoms with Gasteiger partial charge in [0.2, 0.25) is 11.8 Å². The molecule has 1 aromatic carbocycles. The van der Waals surface area contributed by atoms with Crippen LogP contribution in [0.3, 0.4) is 0 Å². The molecule has 0 aliphatic carbocycles. The number of para-hydroxylation sites is 1. The Bertz CT molecular complexity index is 664.